The van der Waals surface area contributed by atoms with Crippen LogP contribution in [0.15, 0.2) is 64.3 Å². The van der Waals surface area contributed by atoms with Gasteiger partial charge in [-0.2, -0.15) is 8.78 Å². The number of methoxy groups -OCH3 is 2. The van der Waals surface area contributed by atoms with Crippen molar-refractivity contribution >= 4 is 19.4 Å². The van der Waals surface area contributed by atoms with Crippen molar-refractivity contribution in [3.8, 4) is 23.0 Å². The Labute approximate surface area is 238 Å². The first-order valence-electron chi connectivity index (χ1n) is 11.7. The lowest BCUT2D eigenvalue weighted by atomic mass is 9.96. The maximum Gasteiger partial charge on any atom is 0.587 e. The molecule has 0 bridgehead atoms. The van der Waals surface area contributed by atoms with Crippen molar-refractivity contribution in [2.24, 2.45) is 0 Å². The van der Waals surface area contributed by atoms with Gasteiger partial charge in [0.1, 0.15) is 28.0 Å². The summed E-state index contributed by atoms with van der Waals surface area (Å²) in [5, 5.41) is 9.67. The Kier molecular flexibility index (Phi) is 8.94. The molecule has 2 aromatic carbocycles. The SMILES string of the molecule is COc1ccc(OP(=O)(OCC2(C(F)F)OC(n3cc(Cl)c(=O)[nH]c3=O)C(F)(F)C2O)Oc2ccc(OC)cc2)cc1. The minimum Gasteiger partial charge on any atom is -0.497 e. The van der Waals surface area contributed by atoms with Gasteiger partial charge in [0, 0.05) is 6.20 Å². The van der Waals surface area contributed by atoms with E-state index in [-0.39, 0.29) is 16.1 Å². The van der Waals surface area contributed by atoms with E-state index in [9.17, 15) is 28.0 Å². The van der Waals surface area contributed by atoms with Gasteiger partial charge in [0.05, 0.1) is 20.8 Å². The molecule has 4 rings (SSSR count). The molecule has 18 heteroatoms. The van der Waals surface area contributed by atoms with Crippen LogP contribution < -0.4 is 29.8 Å². The number of aromatic amines is 1. The van der Waals surface area contributed by atoms with Crippen LogP contribution in [-0.2, 0) is 13.8 Å². The Hall–Kier alpha value is -3.56. The second kappa shape index (κ2) is 12.0. The molecule has 0 aliphatic carbocycles. The first-order chi connectivity index (χ1) is 19.7. The van der Waals surface area contributed by atoms with E-state index in [1.54, 1.807) is 4.98 Å². The Morgan fingerprint density at radius 1 is 1.00 bits per heavy atom. The molecule has 1 fully saturated rings. The van der Waals surface area contributed by atoms with Crippen LogP contribution in [0, 0.1) is 0 Å². The summed E-state index contributed by atoms with van der Waals surface area (Å²) in [4.78, 5) is 25.4. The fraction of sp³-hybridized carbons (Fsp3) is 0.333. The molecule has 2 heterocycles. The van der Waals surface area contributed by atoms with Crippen LogP contribution >= 0.6 is 19.4 Å². The topological polar surface area (TPSA) is 148 Å². The van der Waals surface area contributed by atoms with Gasteiger partial charge in [-0.25, -0.2) is 18.1 Å². The van der Waals surface area contributed by atoms with Crippen LogP contribution in [0.3, 0.4) is 0 Å². The van der Waals surface area contributed by atoms with Crippen molar-refractivity contribution in [2.45, 2.75) is 30.3 Å². The number of ether oxygens (including phenoxy) is 3. The van der Waals surface area contributed by atoms with Gasteiger partial charge in [-0.3, -0.25) is 18.9 Å². The average molecular weight is 641 g/mol. The Morgan fingerprint density at radius 2 is 1.48 bits per heavy atom. The van der Waals surface area contributed by atoms with Crippen molar-refractivity contribution in [1.29, 1.82) is 0 Å². The molecule has 3 unspecified atom stereocenters. The highest BCUT2D eigenvalue weighted by Gasteiger charge is 2.71. The molecule has 1 aliphatic heterocycles. The number of nitrogens with zero attached hydrogens (tertiary/aromatic N) is 1. The lowest BCUT2D eigenvalue weighted by molar-refractivity contribution is -0.193. The number of aliphatic hydroxyl groups is 1. The first-order valence-corrected chi connectivity index (χ1v) is 13.5. The van der Waals surface area contributed by atoms with Gasteiger partial charge in [-0.15, -0.1) is 0 Å². The summed E-state index contributed by atoms with van der Waals surface area (Å²) in [7, 11) is -2.26. The lowest BCUT2D eigenvalue weighted by Crippen LogP contribution is -2.54. The third-order valence-corrected chi connectivity index (χ3v) is 7.62. The molecule has 42 heavy (non-hydrogen) atoms. The van der Waals surface area contributed by atoms with Crippen LogP contribution in [0.4, 0.5) is 17.6 Å². The summed E-state index contributed by atoms with van der Waals surface area (Å²) in [5.74, 6) is -4.16. The van der Waals surface area contributed by atoms with Gasteiger partial charge in [-0.1, -0.05) is 11.6 Å². The molecule has 1 saturated heterocycles. The third kappa shape index (κ3) is 6.13. The average Bonchev–Trinajstić information content (AvgIpc) is 3.16. The van der Waals surface area contributed by atoms with Gasteiger partial charge in [0.2, 0.25) is 6.23 Å². The predicted octanol–water partition coefficient (Wildman–Crippen LogP) is 4.02. The maximum absolute atomic E-state index is 15.2. The number of rotatable bonds is 11. The fourth-order valence-corrected chi connectivity index (χ4v) is 5.23. The van der Waals surface area contributed by atoms with Gasteiger partial charge in [-0.05, 0) is 48.5 Å². The van der Waals surface area contributed by atoms with Crippen molar-refractivity contribution < 1.29 is 55.0 Å². The summed E-state index contributed by atoms with van der Waals surface area (Å²) in [6, 6.07) is 10.7. The van der Waals surface area contributed by atoms with E-state index in [0.717, 1.165) is 0 Å². The van der Waals surface area contributed by atoms with E-state index in [2.05, 4.69) is 0 Å². The Morgan fingerprint density at radius 3 is 1.93 bits per heavy atom. The highest BCUT2D eigenvalue weighted by molar-refractivity contribution is 7.49. The zero-order valence-corrected chi connectivity index (χ0v) is 23.2. The number of alkyl halides is 4. The lowest BCUT2D eigenvalue weighted by Gasteiger charge is -2.31. The highest BCUT2D eigenvalue weighted by atomic mass is 35.5. The normalized spacial score (nSPS) is 21.7. The van der Waals surface area contributed by atoms with E-state index >= 15 is 8.78 Å². The molecule has 0 radical (unpaired) electrons. The van der Waals surface area contributed by atoms with Gasteiger partial charge < -0.3 is 28.4 Å². The molecular formula is C24H22ClF4N2O10P. The number of phosphoric ester groups is 1. The Bertz CT molecular complexity index is 1520. The molecule has 0 saturated carbocycles. The molecule has 3 aromatic rings. The van der Waals surface area contributed by atoms with Crippen LogP contribution in [0.2, 0.25) is 5.02 Å². The van der Waals surface area contributed by atoms with Crippen LogP contribution in [0.25, 0.3) is 0 Å². The van der Waals surface area contributed by atoms with Crippen LogP contribution in [0.1, 0.15) is 6.23 Å². The number of hydrogen-bond acceptors (Lipinski definition) is 10. The molecule has 1 aromatic heterocycles. The molecular weight excluding hydrogens is 619 g/mol. The number of aromatic nitrogens is 2. The number of aliphatic hydroxyl groups excluding tert-OH is 1. The first kappa shape index (κ1) is 31.4. The molecule has 0 spiro atoms. The number of H-pyrrole nitrogens is 1. The third-order valence-electron chi connectivity index (χ3n) is 6.04. The molecule has 3 atom stereocenters. The van der Waals surface area contributed by atoms with Crippen LogP contribution in [-0.4, -0.2) is 59.5 Å². The van der Waals surface area contributed by atoms with E-state index < -0.39 is 61.0 Å². The fourth-order valence-electron chi connectivity index (χ4n) is 3.82. The zero-order chi connectivity index (χ0) is 30.9. The maximum atomic E-state index is 15.2. The van der Waals surface area contributed by atoms with Crippen molar-refractivity contribution in [2.75, 3.05) is 20.8 Å². The molecule has 12 nitrogen and oxygen atoms in total. The minimum atomic E-state index is -5.02. The standard InChI is InChI=1S/C24H22ClF4N2O10P/c1-36-13-3-7-15(8-4-13)40-42(35,41-16-9-5-14(37-2)6-10-16)38-12-23(20(26)27)19(33)24(28,29)21(39-23)31-11-17(25)18(32)30-22(31)34/h3-11,19-21,33H,12H2,1-2H3,(H,30,32,34). The zero-order valence-electron chi connectivity index (χ0n) is 21.5. The number of benzene rings is 2. The van der Waals surface area contributed by atoms with E-state index in [4.69, 9.17) is 39.4 Å². The van der Waals surface area contributed by atoms with Gasteiger partial charge in [0.25, 0.3) is 12.0 Å². The second-order valence-corrected chi connectivity index (χ2v) is 10.6. The van der Waals surface area contributed by atoms with Crippen molar-refractivity contribution in [1.82, 2.24) is 9.55 Å². The van der Waals surface area contributed by atoms with Gasteiger partial charge >= 0.3 is 19.4 Å². The molecule has 228 valence electrons. The minimum absolute atomic E-state index is 0.0262. The quantitative estimate of drug-likeness (QED) is 0.233. The number of phosphoric acid groups is 1. The monoisotopic (exact) mass is 640 g/mol. The number of hydrogen-bond donors (Lipinski definition) is 2. The predicted molar refractivity (Wildman–Crippen MR) is 137 cm³/mol. The highest BCUT2D eigenvalue weighted by Crippen LogP contribution is 2.55. The Balaban J connectivity index is 1.69. The van der Waals surface area contributed by atoms with E-state index in [0.29, 0.717) is 17.7 Å². The smallest absolute Gasteiger partial charge is 0.497 e. The molecule has 1 aliphatic rings. The largest absolute Gasteiger partial charge is 0.587 e. The van der Waals surface area contributed by atoms with E-state index in [1.807, 2.05) is 0 Å². The summed E-state index contributed by atoms with van der Waals surface area (Å²) < 4.78 is 104. The summed E-state index contributed by atoms with van der Waals surface area (Å²) in [5.41, 5.74) is -6.22. The summed E-state index contributed by atoms with van der Waals surface area (Å²) in [6.07, 6.45) is -9.70. The molecule has 2 N–H and O–H groups in total. The molecule has 0 amide bonds. The second-order valence-electron chi connectivity index (χ2n) is 8.70. The number of nitrogens with one attached hydrogen (secondary N) is 1. The van der Waals surface area contributed by atoms with Crippen LogP contribution in [0.5, 0.6) is 23.0 Å². The number of halogens is 5. The summed E-state index contributed by atoms with van der Waals surface area (Å²) >= 11 is 5.62. The van der Waals surface area contributed by atoms with E-state index in [1.165, 1.54) is 62.8 Å². The van der Waals surface area contributed by atoms with Crippen molar-refractivity contribution in [3.63, 3.8) is 0 Å². The van der Waals surface area contributed by atoms with Gasteiger partial charge in [0.15, 0.2) is 11.7 Å². The van der Waals surface area contributed by atoms with Crippen molar-refractivity contribution in [3.05, 3.63) is 80.6 Å². The summed E-state index contributed by atoms with van der Waals surface area (Å²) in [6.45, 7) is -1.69.